The van der Waals surface area contributed by atoms with E-state index in [2.05, 4.69) is 25.8 Å². The van der Waals surface area contributed by atoms with Crippen LogP contribution in [0.2, 0.25) is 0 Å². The van der Waals surface area contributed by atoms with Gasteiger partial charge in [0.2, 0.25) is 0 Å². The molecule has 0 unspecified atom stereocenters. The van der Waals surface area contributed by atoms with Gasteiger partial charge in [0.1, 0.15) is 12.1 Å². The van der Waals surface area contributed by atoms with Gasteiger partial charge in [0.25, 0.3) is 0 Å². The molecule has 2 rings (SSSR count). The van der Waals surface area contributed by atoms with Crippen molar-refractivity contribution in [3.05, 3.63) is 36.0 Å². The van der Waals surface area contributed by atoms with E-state index in [-0.39, 0.29) is 12.1 Å². The minimum atomic E-state index is -0.322. The SMILES string of the molecule is Cc1cccnc1NC(=O)N[C@H](C)c1nncn1C. The van der Waals surface area contributed by atoms with Crippen molar-refractivity contribution < 1.29 is 4.79 Å². The lowest BCUT2D eigenvalue weighted by molar-refractivity contribution is 0.248. The van der Waals surface area contributed by atoms with Crippen LogP contribution >= 0.6 is 0 Å². The third-order valence-electron chi connectivity index (χ3n) is 2.72. The Balaban J connectivity index is 1.99. The van der Waals surface area contributed by atoms with Gasteiger partial charge in [0.15, 0.2) is 5.82 Å². The first kappa shape index (κ1) is 13.0. The third-order valence-corrected chi connectivity index (χ3v) is 2.72. The van der Waals surface area contributed by atoms with Crippen molar-refractivity contribution in [3.63, 3.8) is 0 Å². The number of urea groups is 1. The maximum absolute atomic E-state index is 11.9. The molecule has 2 amide bonds. The van der Waals surface area contributed by atoms with Crippen molar-refractivity contribution in [2.24, 2.45) is 7.05 Å². The lowest BCUT2D eigenvalue weighted by Crippen LogP contribution is -2.32. The summed E-state index contributed by atoms with van der Waals surface area (Å²) in [6.07, 6.45) is 3.23. The Labute approximate surface area is 111 Å². The molecule has 2 heterocycles. The van der Waals surface area contributed by atoms with Crippen molar-refractivity contribution in [3.8, 4) is 0 Å². The summed E-state index contributed by atoms with van der Waals surface area (Å²) in [6.45, 7) is 3.73. The summed E-state index contributed by atoms with van der Waals surface area (Å²) in [5.41, 5.74) is 0.906. The predicted octanol–water partition coefficient (Wildman–Crippen LogP) is 1.40. The first-order valence-corrected chi connectivity index (χ1v) is 5.91. The molecule has 1 atom stereocenters. The lowest BCUT2D eigenvalue weighted by Gasteiger charge is -2.14. The predicted molar refractivity (Wildman–Crippen MR) is 70.5 cm³/mol. The molecule has 0 bridgehead atoms. The highest BCUT2D eigenvalue weighted by Crippen LogP contribution is 2.10. The fourth-order valence-corrected chi connectivity index (χ4v) is 1.71. The van der Waals surface area contributed by atoms with Gasteiger partial charge in [-0.1, -0.05) is 6.07 Å². The van der Waals surface area contributed by atoms with Crippen molar-refractivity contribution >= 4 is 11.8 Å². The number of rotatable bonds is 3. The minimum Gasteiger partial charge on any atom is -0.328 e. The van der Waals surface area contributed by atoms with E-state index in [4.69, 9.17) is 0 Å². The summed E-state index contributed by atoms with van der Waals surface area (Å²) >= 11 is 0. The van der Waals surface area contributed by atoms with E-state index in [9.17, 15) is 4.79 Å². The fraction of sp³-hybridized carbons (Fsp3) is 0.333. The van der Waals surface area contributed by atoms with Crippen LogP contribution in [0.5, 0.6) is 0 Å². The monoisotopic (exact) mass is 260 g/mol. The van der Waals surface area contributed by atoms with E-state index in [0.717, 1.165) is 5.56 Å². The Hall–Kier alpha value is -2.44. The summed E-state index contributed by atoms with van der Waals surface area (Å²) in [5, 5.41) is 13.2. The van der Waals surface area contributed by atoms with Gasteiger partial charge in [-0.2, -0.15) is 0 Å². The number of carbonyl (C=O) groups excluding carboxylic acids is 1. The molecule has 0 radical (unpaired) electrons. The molecule has 0 spiro atoms. The van der Waals surface area contributed by atoms with Crippen LogP contribution in [0.3, 0.4) is 0 Å². The number of anilines is 1. The molecule has 0 saturated heterocycles. The number of aromatic nitrogens is 4. The maximum atomic E-state index is 11.9. The minimum absolute atomic E-state index is 0.239. The molecule has 0 aliphatic rings. The second kappa shape index (κ2) is 5.47. The van der Waals surface area contributed by atoms with Gasteiger partial charge < -0.3 is 9.88 Å². The normalized spacial score (nSPS) is 11.9. The molecular weight excluding hydrogens is 244 g/mol. The zero-order chi connectivity index (χ0) is 13.8. The highest BCUT2D eigenvalue weighted by molar-refractivity contribution is 5.89. The Morgan fingerprint density at radius 3 is 2.89 bits per heavy atom. The van der Waals surface area contributed by atoms with Crippen LogP contribution < -0.4 is 10.6 Å². The zero-order valence-electron chi connectivity index (χ0n) is 11.1. The molecule has 0 aromatic carbocycles. The molecule has 7 heteroatoms. The highest BCUT2D eigenvalue weighted by Gasteiger charge is 2.14. The smallest absolute Gasteiger partial charge is 0.320 e. The van der Waals surface area contributed by atoms with Crippen LogP contribution in [-0.4, -0.2) is 25.8 Å². The maximum Gasteiger partial charge on any atom is 0.320 e. The standard InChI is InChI=1S/C12H16N6O/c1-8-5-4-6-13-10(8)16-12(19)15-9(2)11-17-14-7-18(11)3/h4-7,9H,1-3H3,(H2,13,15,16,19)/t9-/m1/s1. The van der Waals surface area contributed by atoms with E-state index < -0.39 is 0 Å². The largest absolute Gasteiger partial charge is 0.328 e. The molecule has 0 aliphatic heterocycles. The zero-order valence-corrected chi connectivity index (χ0v) is 11.1. The molecule has 0 aliphatic carbocycles. The van der Waals surface area contributed by atoms with Gasteiger partial charge in [-0.05, 0) is 25.5 Å². The number of aryl methyl sites for hydroxylation is 2. The number of amides is 2. The number of carbonyl (C=O) groups is 1. The molecule has 0 fully saturated rings. The van der Waals surface area contributed by atoms with Crippen molar-refractivity contribution in [1.29, 1.82) is 0 Å². The van der Waals surface area contributed by atoms with Gasteiger partial charge >= 0.3 is 6.03 Å². The van der Waals surface area contributed by atoms with E-state index in [1.807, 2.05) is 33.0 Å². The highest BCUT2D eigenvalue weighted by atomic mass is 16.2. The average molecular weight is 260 g/mol. The second-order valence-corrected chi connectivity index (χ2v) is 4.29. The summed E-state index contributed by atoms with van der Waals surface area (Å²) < 4.78 is 1.76. The van der Waals surface area contributed by atoms with Gasteiger partial charge in [0, 0.05) is 13.2 Å². The van der Waals surface area contributed by atoms with Crippen LogP contribution in [0.15, 0.2) is 24.7 Å². The number of nitrogens with zero attached hydrogens (tertiary/aromatic N) is 4. The average Bonchev–Trinajstić information content (AvgIpc) is 2.78. The summed E-state index contributed by atoms with van der Waals surface area (Å²) in [7, 11) is 1.83. The van der Waals surface area contributed by atoms with Gasteiger partial charge in [-0.25, -0.2) is 9.78 Å². The number of nitrogens with one attached hydrogen (secondary N) is 2. The molecule has 19 heavy (non-hydrogen) atoms. The fourth-order valence-electron chi connectivity index (χ4n) is 1.71. The Kier molecular flexibility index (Phi) is 3.74. The molecule has 2 N–H and O–H groups in total. The van der Waals surface area contributed by atoms with Crippen LogP contribution in [0, 0.1) is 6.92 Å². The molecule has 100 valence electrons. The van der Waals surface area contributed by atoms with Crippen molar-refractivity contribution in [1.82, 2.24) is 25.1 Å². The summed E-state index contributed by atoms with van der Waals surface area (Å²) in [5.74, 6) is 1.23. The topological polar surface area (TPSA) is 84.7 Å². The van der Waals surface area contributed by atoms with E-state index in [1.54, 1.807) is 17.1 Å². The number of hydrogen-bond donors (Lipinski definition) is 2. The first-order chi connectivity index (χ1) is 9.08. The Morgan fingerprint density at radius 1 is 1.47 bits per heavy atom. The van der Waals surface area contributed by atoms with Crippen molar-refractivity contribution in [2.45, 2.75) is 19.9 Å². The van der Waals surface area contributed by atoms with E-state index >= 15 is 0 Å². The Morgan fingerprint density at radius 2 is 2.26 bits per heavy atom. The van der Waals surface area contributed by atoms with Crippen molar-refractivity contribution in [2.75, 3.05) is 5.32 Å². The number of hydrogen-bond acceptors (Lipinski definition) is 4. The van der Waals surface area contributed by atoms with Gasteiger partial charge in [-0.3, -0.25) is 5.32 Å². The molecule has 7 nitrogen and oxygen atoms in total. The molecule has 2 aromatic rings. The molecular formula is C12H16N6O. The van der Waals surface area contributed by atoms with Gasteiger partial charge in [-0.15, -0.1) is 10.2 Å². The van der Waals surface area contributed by atoms with Crippen LogP contribution in [0.25, 0.3) is 0 Å². The van der Waals surface area contributed by atoms with Crippen LogP contribution in [0.1, 0.15) is 24.4 Å². The quantitative estimate of drug-likeness (QED) is 0.873. The van der Waals surface area contributed by atoms with Gasteiger partial charge in [0.05, 0.1) is 6.04 Å². The van der Waals surface area contributed by atoms with Crippen LogP contribution in [-0.2, 0) is 7.05 Å². The van der Waals surface area contributed by atoms with E-state index in [0.29, 0.717) is 11.6 Å². The first-order valence-electron chi connectivity index (χ1n) is 5.91. The van der Waals surface area contributed by atoms with E-state index in [1.165, 1.54) is 0 Å². The second-order valence-electron chi connectivity index (χ2n) is 4.29. The molecule has 2 aromatic heterocycles. The summed E-state index contributed by atoms with van der Waals surface area (Å²) in [4.78, 5) is 16.0. The Bertz CT molecular complexity index is 579. The third kappa shape index (κ3) is 3.06. The number of pyridine rings is 1. The van der Waals surface area contributed by atoms with Crippen LogP contribution in [0.4, 0.5) is 10.6 Å². The summed E-state index contributed by atoms with van der Waals surface area (Å²) in [6, 6.07) is 3.14. The molecule has 0 saturated carbocycles. The lowest BCUT2D eigenvalue weighted by atomic mass is 10.3.